The number of hydrogen-bond donors (Lipinski definition) is 1. The monoisotopic (exact) mass is 371 g/mol. The maximum absolute atomic E-state index is 13.1. The molecular weight excluding hydrogens is 342 g/mol. The van der Waals surface area contributed by atoms with Crippen LogP contribution in [0.2, 0.25) is 0 Å². The van der Waals surface area contributed by atoms with Crippen LogP contribution in [0, 0.1) is 11.8 Å². The molecule has 0 spiro atoms. The third kappa shape index (κ3) is 3.21. The number of rotatable bonds is 4. The number of methoxy groups -OCH3 is 2. The summed E-state index contributed by atoms with van der Waals surface area (Å²) in [6.07, 6.45) is 2.35. The fourth-order valence-electron chi connectivity index (χ4n) is 4.94. The van der Waals surface area contributed by atoms with Crippen molar-refractivity contribution in [2.45, 2.75) is 25.0 Å². The Morgan fingerprint density at radius 1 is 1.19 bits per heavy atom. The van der Waals surface area contributed by atoms with Crippen LogP contribution in [0.25, 0.3) is 10.9 Å². The van der Waals surface area contributed by atoms with Crippen LogP contribution in [0.5, 0.6) is 5.75 Å². The zero-order valence-corrected chi connectivity index (χ0v) is 16.6. The molecule has 1 aliphatic heterocycles. The molecule has 146 valence electrons. The summed E-state index contributed by atoms with van der Waals surface area (Å²) in [5.41, 5.74) is 1.57. The Morgan fingerprint density at radius 3 is 2.59 bits per heavy atom. The third-order valence-corrected chi connectivity index (χ3v) is 6.41. The van der Waals surface area contributed by atoms with E-state index in [0.717, 1.165) is 42.6 Å². The number of aromatic amines is 1. The number of ether oxygens (including phenoxy) is 2. The maximum Gasteiger partial charge on any atom is 0.270 e. The van der Waals surface area contributed by atoms with Crippen LogP contribution >= 0.6 is 0 Å². The number of aromatic nitrogens is 1. The van der Waals surface area contributed by atoms with E-state index >= 15 is 0 Å². The number of carbonyl (C=O) groups excluding carboxylic acids is 1. The minimum Gasteiger partial charge on any atom is -0.496 e. The van der Waals surface area contributed by atoms with E-state index in [1.54, 1.807) is 14.2 Å². The highest BCUT2D eigenvalue weighted by molar-refractivity contribution is 5.99. The van der Waals surface area contributed by atoms with Crippen LogP contribution in [0.3, 0.4) is 0 Å². The molecule has 27 heavy (non-hydrogen) atoms. The second-order valence-corrected chi connectivity index (χ2v) is 8.11. The molecular formula is C21H29N3O3. The van der Waals surface area contributed by atoms with Crippen LogP contribution in [-0.2, 0) is 4.74 Å². The average Bonchev–Trinajstić information content (AvgIpc) is 3.29. The Hall–Kier alpha value is -2.05. The minimum absolute atomic E-state index is 0.0815. The van der Waals surface area contributed by atoms with Crippen LogP contribution in [-0.4, -0.2) is 74.2 Å². The van der Waals surface area contributed by atoms with Crippen molar-refractivity contribution in [2.75, 3.05) is 41.4 Å². The van der Waals surface area contributed by atoms with E-state index in [1.807, 2.05) is 29.2 Å². The van der Waals surface area contributed by atoms with Gasteiger partial charge in [0.15, 0.2) is 0 Å². The average molecular weight is 371 g/mol. The fourth-order valence-corrected chi connectivity index (χ4v) is 4.94. The van der Waals surface area contributed by atoms with E-state index in [2.05, 4.69) is 24.0 Å². The zero-order valence-electron chi connectivity index (χ0n) is 16.6. The Balaban J connectivity index is 1.53. The number of H-pyrrole nitrogens is 1. The molecule has 6 nitrogen and oxygen atoms in total. The fraction of sp³-hybridized carbons (Fsp3) is 0.571. The first-order valence-electron chi connectivity index (χ1n) is 9.66. The zero-order chi connectivity index (χ0) is 19.1. The van der Waals surface area contributed by atoms with Crippen LogP contribution in [0.1, 0.15) is 23.3 Å². The molecule has 2 aliphatic rings. The van der Waals surface area contributed by atoms with Gasteiger partial charge in [0.25, 0.3) is 5.91 Å². The van der Waals surface area contributed by atoms with Gasteiger partial charge in [-0.25, -0.2) is 0 Å². The lowest BCUT2D eigenvalue weighted by molar-refractivity contribution is -0.0209. The van der Waals surface area contributed by atoms with Gasteiger partial charge in [-0.2, -0.15) is 0 Å². The second-order valence-electron chi connectivity index (χ2n) is 8.11. The molecule has 1 amide bonds. The van der Waals surface area contributed by atoms with Crippen molar-refractivity contribution < 1.29 is 14.3 Å². The highest BCUT2D eigenvalue weighted by Crippen LogP contribution is 2.39. The molecule has 2 aromatic rings. The van der Waals surface area contributed by atoms with E-state index in [9.17, 15) is 4.79 Å². The van der Waals surface area contributed by atoms with Crippen molar-refractivity contribution >= 4 is 16.8 Å². The van der Waals surface area contributed by atoms with Crippen molar-refractivity contribution in [1.29, 1.82) is 0 Å². The SMILES string of the molecule is COc1cccc2[nH]c(C(=O)N3C[C@H]4C[C@@H](N(C)C)[C@H](OC)C[C@H]4C3)cc12. The lowest BCUT2D eigenvalue weighted by Gasteiger charge is -2.40. The van der Waals surface area contributed by atoms with Gasteiger partial charge in [-0.3, -0.25) is 4.79 Å². The van der Waals surface area contributed by atoms with E-state index in [1.165, 1.54) is 0 Å². The van der Waals surface area contributed by atoms with Crippen molar-refractivity contribution in [3.63, 3.8) is 0 Å². The Kier molecular flexibility index (Phi) is 4.86. The molecule has 4 atom stereocenters. The van der Waals surface area contributed by atoms with Gasteiger partial charge in [-0.15, -0.1) is 0 Å². The number of amides is 1. The predicted molar refractivity (Wildman–Crippen MR) is 105 cm³/mol. The highest BCUT2D eigenvalue weighted by Gasteiger charge is 2.44. The quantitative estimate of drug-likeness (QED) is 0.898. The lowest BCUT2D eigenvalue weighted by Crippen LogP contribution is -2.47. The molecule has 4 rings (SSSR count). The van der Waals surface area contributed by atoms with Gasteiger partial charge in [-0.1, -0.05) is 6.07 Å². The van der Waals surface area contributed by atoms with Crippen LogP contribution in [0.4, 0.5) is 0 Å². The van der Waals surface area contributed by atoms with Crippen molar-refractivity contribution in [3.05, 3.63) is 30.0 Å². The molecule has 1 aromatic heterocycles. The van der Waals surface area contributed by atoms with Gasteiger partial charge in [0.1, 0.15) is 11.4 Å². The summed E-state index contributed by atoms with van der Waals surface area (Å²) in [5.74, 6) is 1.94. The normalized spacial score (nSPS) is 28.0. The number of likely N-dealkylation sites (N-methyl/N-ethyl adjacent to an activating group) is 1. The number of nitrogens with one attached hydrogen (secondary N) is 1. The summed E-state index contributed by atoms with van der Waals surface area (Å²) in [4.78, 5) is 20.7. The number of likely N-dealkylation sites (tertiary alicyclic amines) is 1. The summed E-state index contributed by atoms with van der Waals surface area (Å²) in [7, 11) is 7.69. The molecule has 1 aliphatic carbocycles. The Bertz CT molecular complexity index is 831. The van der Waals surface area contributed by atoms with Crippen molar-refractivity contribution in [3.8, 4) is 5.75 Å². The van der Waals surface area contributed by atoms with Crippen molar-refractivity contribution in [2.24, 2.45) is 11.8 Å². The molecule has 2 fully saturated rings. The van der Waals surface area contributed by atoms with E-state index in [0.29, 0.717) is 23.6 Å². The first-order valence-corrected chi connectivity index (χ1v) is 9.66. The second kappa shape index (κ2) is 7.17. The summed E-state index contributed by atoms with van der Waals surface area (Å²) < 4.78 is 11.2. The number of carbonyl (C=O) groups is 1. The predicted octanol–water partition coefficient (Wildman–Crippen LogP) is 2.60. The standard InChI is InChI=1S/C21H29N3O3/c1-23(2)18-8-13-11-24(12-14(13)9-20(18)27-4)21(25)17-10-15-16(22-17)6-5-7-19(15)26-3/h5-7,10,13-14,18,20,22H,8-9,11-12H2,1-4H3/t13-,14+,18-,20-/m1/s1. The van der Waals surface area contributed by atoms with Gasteiger partial charge < -0.3 is 24.3 Å². The summed E-state index contributed by atoms with van der Waals surface area (Å²) in [5, 5.41) is 0.951. The molecule has 0 bridgehead atoms. The van der Waals surface area contributed by atoms with E-state index in [-0.39, 0.29) is 12.0 Å². The number of hydrogen-bond acceptors (Lipinski definition) is 4. The van der Waals surface area contributed by atoms with Crippen LogP contribution < -0.4 is 4.74 Å². The molecule has 2 heterocycles. The smallest absolute Gasteiger partial charge is 0.270 e. The number of benzene rings is 1. The third-order valence-electron chi connectivity index (χ3n) is 6.41. The topological polar surface area (TPSA) is 57.8 Å². The van der Waals surface area contributed by atoms with Crippen LogP contribution in [0.15, 0.2) is 24.3 Å². The molecule has 1 N–H and O–H groups in total. The first-order chi connectivity index (χ1) is 13.0. The number of nitrogens with zero attached hydrogens (tertiary/aromatic N) is 2. The largest absolute Gasteiger partial charge is 0.496 e. The van der Waals surface area contributed by atoms with E-state index in [4.69, 9.17) is 9.47 Å². The van der Waals surface area contributed by atoms with Gasteiger partial charge in [0.05, 0.1) is 13.2 Å². The Labute approximate surface area is 160 Å². The molecule has 1 saturated heterocycles. The van der Waals surface area contributed by atoms with Gasteiger partial charge in [0, 0.05) is 37.1 Å². The maximum atomic E-state index is 13.1. The molecule has 0 radical (unpaired) electrons. The summed E-state index contributed by atoms with van der Waals surface area (Å²) >= 11 is 0. The lowest BCUT2D eigenvalue weighted by atomic mass is 9.77. The van der Waals surface area contributed by atoms with Gasteiger partial charge in [-0.05, 0) is 57.0 Å². The minimum atomic E-state index is 0.0815. The first kappa shape index (κ1) is 18.3. The van der Waals surface area contributed by atoms with Crippen molar-refractivity contribution in [1.82, 2.24) is 14.8 Å². The Morgan fingerprint density at radius 2 is 1.93 bits per heavy atom. The molecule has 1 saturated carbocycles. The van der Waals surface area contributed by atoms with Gasteiger partial charge in [0.2, 0.25) is 0 Å². The molecule has 0 unspecified atom stereocenters. The van der Waals surface area contributed by atoms with E-state index < -0.39 is 0 Å². The molecule has 1 aromatic carbocycles. The summed E-state index contributed by atoms with van der Waals surface area (Å²) in [6, 6.07) is 8.16. The molecule has 6 heteroatoms. The number of fused-ring (bicyclic) bond motifs is 2. The van der Waals surface area contributed by atoms with Gasteiger partial charge >= 0.3 is 0 Å². The summed E-state index contributed by atoms with van der Waals surface area (Å²) in [6.45, 7) is 1.65. The highest BCUT2D eigenvalue weighted by atomic mass is 16.5.